The van der Waals surface area contributed by atoms with E-state index < -0.39 is 5.97 Å². The first kappa shape index (κ1) is 11.9. The van der Waals surface area contributed by atoms with E-state index in [1.165, 1.54) is 0 Å². The number of hydrogen-bond donors (Lipinski definition) is 1. The van der Waals surface area contributed by atoms with Gasteiger partial charge in [-0.25, -0.2) is 4.79 Å². The van der Waals surface area contributed by atoms with E-state index in [1.54, 1.807) is 13.1 Å². The van der Waals surface area contributed by atoms with E-state index in [2.05, 4.69) is 18.8 Å². The SMILES string of the molecule is CCOC(=O)c1c[nH]c2c1C(=O)CC(C)(C)C2. The predicted octanol–water partition coefficient (Wildman–Crippen LogP) is 2.35. The largest absolute Gasteiger partial charge is 0.462 e. The summed E-state index contributed by atoms with van der Waals surface area (Å²) in [5.41, 5.74) is 1.72. The number of aromatic amines is 1. The molecule has 92 valence electrons. The molecule has 1 aromatic heterocycles. The summed E-state index contributed by atoms with van der Waals surface area (Å²) in [5, 5.41) is 0. The summed E-state index contributed by atoms with van der Waals surface area (Å²) in [6.45, 7) is 6.18. The standard InChI is InChI=1S/C13H17NO3/c1-4-17-12(16)8-7-14-9-5-13(2,3)6-10(15)11(8)9/h7,14H,4-6H2,1-3H3. The Hall–Kier alpha value is -1.58. The van der Waals surface area contributed by atoms with Gasteiger partial charge in [-0.2, -0.15) is 0 Å². The third kappa shape index (κ3) is 2.12. The number of carbonyl (C=O) groups excluding carboxylic acids is 2. The van der Waals surface area contributed by atoms with Crippen LogP contribution in [0.2, 0.25) is 0 Å². The summed E-state index contributed by atoms with van der Waals surface area (Å²) in [6, 6.07) is 0. The number of nitrogens with one attached hydrogen (secondary N) is 1. The Kier molecular flexibility index (Phi) is 2.81. The maximum Gasteiger partial charge on any atom is 0.340 e. The Bertz CT molecular complexity index is 471. The van der Waals surface area contributed by atoms with E-state index in [4.69, 9.17) is 4.74 Å². The molecule has 4 nitrogen and oxygen atoms in total. The minimum Gasteiger partial charge on any atom is -0.462 e. The van der Waals surface area contributed by atoms with Gasteiger partial charge in [-0.15, -0.1) is 0 Å². The normalized spacial score (nSPS) is 17.7. The van der Waals surface area contributed by atoms with Gasteiger partial charge >= 0.3 is 5.97 Å². The molecule has 0 bridgehead atoms. The maximum absolute atomic E-state index is 12.1. The minimum atomic E-state index is -0.418. The maximum atomic E-state index is 12.1. The van der Waals surface area contributed by atoms with Crippen LogP contribution in [0.25, 0.3) is 0 Å². The number of aromatic nitrogens is 1. The Labute approximate surface area is 100 Å². The summed E-state index contributed by atoms with van der Waals surface area (Å²) < 4.78 is 4.94. The number of carbonyl (C=O) groups is 2. The number of ether oxygens (including phenoxy) is 1. The van der Waals surface area contributed by atoms with Crippen molar-refractivity contribution in [3.63, 3.8) is 0 Å². The molecule has 0 amide bonds. The third-order valence-electron chi connectivity index (χ3n) is 3.03. The molecule has 0 aromatic carbocycles. The first-order chi connectivity index (χ1) is 7.94. The van der Waals surface area contributed by atoms with Crippen LogP contribution in [0.4, 0.5) is 0 Å². The summed E-state index contributed by atoms with van der Waals surface area (Å²) in [6.07, 6.45) is 2.85. The minimum absolute atomic E-state index is 0.0283. The van der Waals surface area contributed by atoms with Gasteiger partial charge in [0, 0.05) is 18.3 Å². The van der Waals surface area contributed by atoms with Gasteiger partial charge in [0.05, 0.1) is 17.7 Å². The van der Waals surface area contributed by atoms with Crippen molar-refractivity contribution >= 4 is 11.8 Å². The van der Waals surface area contributed by atoms with Crippen LogP contribution in [-0.2, 0) is 11.2 Å². The lowest BCUT2D eigenvalue weighted by Crippen LogP contribution is -2.27. The molecule has 1 aliphatic rings. The monoisotopic (exact) mass is 235 g/mol. The van der Waals surface area contributed by atoms with Gasteiger partial charge in [0.2, 0.25) is 0 Å². The summed E-state index contributed by atoms with van der Waals surface area (Å²) in [4.78, 5) is 26.8. The van der Waals surface area contributed by atoms with E-state index >= 15 is 0 Å². The molecule has 0 saturated heterocycles. The number of esters is 1. The molecule has 0 unspecified atom stereocenters. The van der Waals surface area contributed by atoms with Crippen LogP contribution in [0.15, 0.2) is 6.20 Å². The first-order valence-corrected chi connectivity index (χ1v) is 5.85. The van der Waals surface area contributed by atoms with Crippen molar-refractivity contribution in [1.29, 1.82) is 0 Å². The molecule has 0 radical (unpaired) electrons. The molecular weight excluding hydrogens is 218 g/mol. The van der Waals surface area contributed by atoms with E-state index in [9.17, 15) is 9.59 Å². The highest BCUT2D eigenvalue weighted by Gasteiger charge is 2.35. The number of fused-ring (bicyclic) bond motifs is 1. The highest BCUT2D eigenvalue weighted by Crippen LogP contribution is 2.35. The number of ketones is 1. The van der Waals surface area contributed by atoms with Crippen molar-refractivity contribution in [2.75, 3.05) is 6.61 Å². The van der Waals surface area contributed by atoms with Crippen molar-refractivity contribution in [2.45, 2.75) is 33.6 Å². The van der Waals surface area contributed by atoms with Gasteiger partial charge in [-0.3, -0.25) is 4.79 Å². The molecule has 4 heteroatoms. The first-order valence-electron chi connectivity index (χ1n) is 5.85. The van der Waals surface area contributed by atoms with Crippen molar-refractivity contribution in [3.8, 4) is 0 Å². The van der Waals surface area contributed by atoms with E-state index in [0.29, 0.717) is 24.2 Å². The number of hydrogen-bond acceptors (Lipinski definition) is 3. The molecule has 0 atom stereocenters. The second kappa shape index (κ2) is 4.02. The van der Waals surface area contributed by atoms with Crippen LogP contribution < -0.4 is 0 Å². The van der Waals surface area contributed by atoms with Gasteiger partial charge in [0.25, 0.3) is 0 Å². The molecule has 2 rings (SSSR count). The molecule has 1 aromatic rings. The zero-order valence-corrected chi connectivity index (χ0v) is 10.4. The number of rotatable bonds is 2. The molecule has 0 aliphatic heterocycles. The zero-order chi connectivity index (χ0) is 12.6. The summed E-state index contributed by atoms with van der Waals surface area (Å²) in [7, 11) is 0. The van der Waals surface area contributed by atoms with E-state index in [0.717, 1.165) is 12.1 Å². The van der Waals surface area contributed by atoms with Crippen LogP contribution in [0, 0.1) is 5.41 Å². The fourth-order valence-corrected chi connectivity index (χ4v) is 2.36. The zero-order valence-electron chi connectivity index (χ0n) is 10.4. The van der Waals surface area contributed by atoms with Gasteiger partial charge < -0.3 is 9.72 Å². The van der Waals surface area contributed by atoms with Gasteiger partial charge in [-0.1, -0.05) is 13.8 Å². The smallest absolute Gasteiger partial charge is 0.340 e. The van der Waals surface area contributed by atoms with Gasteiger partial charge in [0.1, 0.15) is 0 Å². The molecule has 1 heterocycles. The Morgan fingerprint density at radius 2 is 2.18 bits per heavy atom. The van der Waals surface area contributed by atoms with Crippen molar-refractivity contribution in [3.05, 3.63) is 23.0 Å². The van der Waals surface area contributed by atoms with Crippen molar-refractivity contribution in [1.82, 2.24) is 4.98 Å². The number of H-pyrrole nitrogens is 1. The molecule has 17 heavy (non-hydrogen) atoms. The second-order valence-electron chi connectivity index (χ2n) is 5.22. The molecule has 0 fully saturated rings. The quantitative estimate of drug-likeness (QED) is 0.800. The highest BCUT2D eigenvalue weighted by atomic mass is 16.5. The molecular formula is C13H17NO3. The average Bonchev–Trinajstić information content (AvgIpc) is 2.59. The third-order valence-corrected chi connectivity index (χ3v) is 3.03. The van der Waals surface area contributed by atoms with Crippen LogP contribution >= 0.6 is 0 Å². The molecule has 0 spiro atoms. The summed E-state index contributed by atoms with van der Waals surface area (Å²) >= 11 is 0. The highest BCUT2D eigenvalue weighted by molar-refractivity contribution is 6.08. The van der Waals surface area contributed by atoms with Crippen LogP contribution in [-0.4, -0.2) is 23.3 Å². The molecule has 0 saturated carbocycles. The van der Waals surface area contributed by atoms with Gasteiger partial charge in [-0.05, 0) is 18.8 Å². The van der Waals surface area contributed by atoms with E-state index in [-0.39, 0.29) is 11.2 Å². The fourth-order valence-electron chi connectivity index (χ4n) is 2.36. The van der Waals surface area contributed by atoms with Crippen LogP contribution in [0.3, 0.4) is 0 Å². The fraction of sp³-hybridized carbons (Fsp3) is 0.538. The topological polar surface area (TPSA) is 59.2 Å². The van der Waals surface area contributed by atoms with Gasteiger partial charge in [0.15, 0.2) is 5.78 Å². The lowest BCUT2D eigenvalue weighted by Gasteiger charge is -2.28. The molecule has 1 aliphatic carbocycles. The Balaban J connectivity index is 2.39. The average molecular weight is 235 g/mol. The van der Waals surface area contributed by atoms with Crippen molar-refractivity contribution < 1.29 is 14.3 Å². The predicted molar refractivity (Wildman–Crippen MR) is 63.2 cm³/mol. The number of Topliss-reactive ketones (excluding diaryl/α,β-unsaturated/α-hetero) is 1. The lowest BCUT2D eigenvalue weighted by molar-refractivity contribution is 0.0522. The van der Waals surface area contributed by atoms with Crippen LogP contribution in [0.5, 0.6) is 0 Å². The van der Waals surface area contributed by atoms with E-state index in [1.807, 2.05) is 0 Å². The Morgan fingerprint density at radius 3 is 2.82 bits per heavy atom. The summed E-state index contributed by atoms with van der Waals surface area (Å²) in [5.74, 6) is -0.390. The molecule has 1 N–H and O–H groups in total. The lowest BCUT2D eigenvalue weighted by atomic mass is 9.75. The second-order valence-corrected chi connectivity index (χ2v) is 5.22. The van der Waals surface area contributed by atoms with Crippen molar-refractivity contribution in [2.24, 2.45) is 5.41 Å². The van der Waals surface area contributed by atoms with Crippen LogP contribution in [0.1, 0.15) is 53.6 Å². The Morgan fingerprint density at radius 1 is 1.47 bits per heavy atom.